The molecule has 0 radical (unpaired) electrons. The van der Waals surface area contributed by atoms with Crippen LogP contribution in [-0.4, -0.2) is 19.6 Å². The van der Waals surface area contributed by atoms with E-state index in [0.717, 1.165) is 6.26 Å². The Morgan fingerprint density at radius 3 is 2.56 bits per heavy atom. The number of para-hydroxylation sites is 1. The third kappa shape index (κ3) is 3.28. The van der Waals surface area contributed by atoms with Crippen molar-refractivity contribution in [3.05, 3.63) is 39.4 Å². The Morgan fingerprint density at radius 2 is 2.06 bits per heavy atom. The van der Waals surface area contributed by atoms with Gasteiger partial charge in [0, 0.05) is 5.56 Å². The maximum absolute atomic E-state index is 10.8. The molecule has 0 unspecified atom stereocenters. The molecule has 0 saturated carbocycles. The summed E-state index contributed by atoms with van der Waals surface area (Å²) in [6, 6.07) is 4.67. The van der Waals surface area contributed by atoms with Crippen molar-refractivity contribution in [3.8, 4) is 0 Å². The zero-order valence-corrected chi connectivity index (χ0v) is 9.65. The van der Waals surface area contributed by atoms with E-state index in [1.165, 1.54) is 6.07 Å². The van der Waals surface area contributed by atoms with E-state index >= 15 is 0 Å². The number of nitrogens with zero attached hydrogens (tertiary/aromatic N) is 1. The van der Waals surface area contributed by atoms with Gasteiger partial charge in [-0.15, -0.1) is 0 Å². The first-order chi connectivity index (χ1) is 7.31. The third-order valence-electron chi connectivity index (χ3n) is 1.93. The van der Waals surface area contributed by atoms with Crippen LogP contribution in [0.3, 0.4) is 0 Å². The fraction of sp³-hybridized carbons (Fsp3) is 0.333. The van der Waals surface area contributed by atoms with Crippen LogP contribution in [0.25, 0.3) is 0 Å². The zero-order chi connectivity index (χ0) is 12.3. The van der Waals surface area contributed by atoms with Gasteiger partial charge in [-0.25, -0.2) is 0 Å². The highest BCUT2D eigenvalue weighted by Crippen LogP contribution is 2.23. The SMILES string of the molecule is Cc1cccc(COS(C)(=O)=O)c1[N+](=O)[O-]. The molecule has 1 rings (SSSR count). The van der Waals surface area contributed by atoms with Gasteiger partial charge in [-0.3, -0.25) is 14.3 Å². The Bertz CT molecular complexity index is 509. The molecular weight excluding hydrogens is 234 g/mol. The van der Waals surface area contributed by atoms with E-state index in [1.54, 1.807) is 19.1 Å². The second-order valence-electron chi connectivity index (χ2n) is 3.31. The van der Waals surface area contributed by atoms with Crippen LogP contribution in [0.5, 0.6) is 0 Å². The normalized spacial score (nSPS) is 11.4. The maximum atomic E-state index is 10.8. The molecule has 0 aliphatic heterocycles. The highest BCUT2D eigenvalue weighted by molar-refractivity contribution is 7.85. The van der Waals surface area contributed by atoms with Gasteiger partial charge in [-0.1, -0.05) is 12.1 Å². The number of nitro groups is 1. The highest BCUT2D eigenvalue weighted by atomic mass is 32.2. The van der Waals surface area contributed by atoms with Crippen LogP contribution in [0, 0.1) is 17.0 Å². The first-order valence-electron chi connectivity index (χ1n) is 4.38. The van der Waals surface area contributed by atoms with Gasteiger partial charge in [-0.2, -0.15) is 8.42 Å². The molecule has 0 fully saturated rings. The van der Waals surface area contributed by atoms with Gasteiger partial charge in [0.1, 0.15) is 0 Å². The molecule has 0 aromatic heterocycles. The number of aryl methyl sites for hydroxylation is 1. The molecule has 0 saturated heterocycles. The van der Waals surface area contributed by atoms with E-state index in [9.17, 15) is 18.5 Å². The molecule has 0 bridgehead atoms. The lowest BCUT2D eigenvalue weighted by Gasteiger charge is -2.04. The zero-order valence-electron chi connectivity index (χ0n) is 8.84. The van der Waals surface area contributed by atoms with Gasteiger partial charge in [0.15, 0.2) is 0 Å². The smallest absolute Gasteiger partial charge is 0.265 e. The summed E-state index contributed by atoms with van der Waals surface area (Å²) in [6.45, 7) is 1.26. The van der Waals surface area contributed by atoms with Crippen molar-refractivity contribution in [1.29, 1.82) is 0 Å². The van der Waals surface area contributed by atoms with Crippen molar-refractivity contribution in [2.45, 2.75) is 13.5 Å². The molecular formula is C9H11NO5S. The topological polar surface area (TPSA) is 86.5 Å². The molecule has 0 atom stereocenters. The van der Waals surface area contributed by atoms with Gasteiger partial charge in [0.2, 0.25) is 0 Å². The Hall–Kier alpha value is -1.47. The third-order valence-corrected chi connectivity index (χ3v) is 2.48. The van der Waals surface area contributed by atoms with Gasteiger partial charge >= 0.3 is 0 Å². The molecule has 6 nitrogen and oxygen atoms in total. The lowest BCUT2D eigenvalue weighted by molar-refractivity contribution is -0.386. The number of hydrogen-bond acceptors (Lipinski definition) is 5. The highest BCUT2D eigenvalue weighted by Gasteiger charge is 2.17. The summed E-state index contributed by atoms with van der Waals surface area (Å²) >= 11 is 0. The summed E-state index contributed by atoms with van der Waals surface area (Å²) in [5.74, 6) is 0. The fourth-order valence-corrected chi connectivity index (χ4v) is 1.61. The second-order valence-corrected chi connectivity index (χ2v) is 4.95. The first-order valence-corrected chi connectivity index (χ1v) is 6.20. The minimum absolute atomic E-state index is 0.105. The summed E-state index contributed by atoms with van der Waals surface area (Å²) in [7, 11) is -3.60. The molecule has 88 valence electrons. The summed E-state index contributed by atoms with van der Waals surface area (Å²) in [5.41, 5.74) is 0.612. The molecule has 16 heavy (non-hydrogen) atoms. The van der Waals surface area contributed by atoms with Crippen molar-refractivity contribution in [1.82, 2.24) is 0 Å². The largest absolute Gasteiger partial charge is 0.277 e. The van der Waals surface area contributed by atoms with Crippen LogP contribution < -0.4 is 0 Å². The lowest BCUT2D eigenvalue weighted by atomic mass is 10.1. The standard InChI is InChI=1S/C9H11NO5S/c1-7-4-3-5-8(9(7)10(11)12)6-15-16(2,13)14/h3-5H,6H2,1-2H3. The van der Waals surface area contributed by atoms with E-state index < -0.39 is 15.0 Å². The van der Waals surface area contributed by atoms with E-state index in [-0.39, 0.29) is 17.9 Å². The average Bonchev–Trinajstić information content (AvgIpc) is 2.12. The predicted molar refractivity (Wildman–Crippen MR) is 57.5 cm³/mol. The van der Waals surface area contributed by atoms with Crippen molar-refractivity contribution < 1.29 is 17.5 Å². The van der Waals surface area contributed by atoms with Crippen LogP contribution in [0.2, 0.25) is 0 Å². The van der Waals surface area contributed by atoms with Crippen molar-refractivity contribution in [2.24, 2.45) is 0 Å². The molecule has 7 heteroatoms. The van der Waals surface area contributed by atoms with E-state index in [1.807, 2.05) is 0 Å². The lowest BCUT2D eigenvalue weighted by Crippen LogP contribution is -2.05. The van der Waals surface area contributed by atoms with Crippen LogP contribution in [-0.2, 0) is 20.9 Å². The van der Waals surface area contributed by atoms with Crippen LogP contribution in [0.15, 0.2) is 18.2 Å². The number of nitro benzene ring substituents is 1. The quantitative estimate of drug-likeness (QED) is 0.454. The van der Waals surface area contributed by atoms with E-state index in [4.69, 9.17) is 0 Å². The Balaban J connectivity index is 3.05. The van der Waals surface area contributed by atoms with Crippen molar-refractivity contribution >= 4 is 15.8 Å². The van der Waals surface area contributed by atoms with Crippen LogP contribution in [0.1, 0.15) is 11.1 Å². The molecule has 0 aliphatic rings. The van der Waals surface area contributed by atoms with Gasteiger partial charge in [-0.05, 0) is 13.0 Å². The summed E-state index contributed by atoms with van der Waals surface area (Å²) in [6.07, 6.45) is 0.897. The van der Waals surface area contributed by atoms with Crippen LogP contribution >= 0.6 is 0 Å². The van der Waals surface area contributed by atoms with Gasteiger partial charge in [0.05, 0.1) is 23.3 Å². The maximum Gasteiger partial charge on any atom is 0.277 e. The molecule has 0 N–H and O–H groups in total. The molecule has 1 aromatic carbocycles. The number of rotatable bonds is 4. The number of hydrogen-bond donors (Lipinski definition) is 0. The number of benzene rings is 1. The first kappa shape index (κ1) is 12.6. The van der Waals surface area contributed by atoms with Gasteiger partial charge in [0.25, 0.3) is 15.8 Å². The van der Waals surface area contributed by atoms with Crippen molar-refractivity contribution in [2.75, 3.05) is 6.26 Å². The minimum atomic E-state index is -3.60. The molecule has 1 aromatic rings. The Labute approximate surface area is 93.1 Å². The van der Waals surface area contributed by atoms with E-state index in [2.05, 4.69) is 4.18 Å². The fourth-order valence-electron chi connectivity index (χ4n) is 1.27. The van der Waals surface area contributed by atoms with E-state index in [0.29, 0.717) is 5.56 Å². The van der Waals surface area contributed by atoms with Gasteiger partial charge < -0.3 is 0 Å². The Kier molecular flexibility index (Phi) is 3.61. The molecule has 0 aliphatic carbocycles. The predicted octanol–water partition coefficient (Wildman–Crippen LogP) is 1.38. The summed E-state index contributed by atoms with van der Waals surface area (Å²) in [4.78, 5) is 10.2. The average molecular weight is 245 g/mol. The van der Waals surface area contributed by atoms with Crippen molar-refractivity contribution in [3.63, 3.8) is 0 Å². The monoisotopic (exact) mass is 245 g/mol. The molecule has 0 heterocycles. The molecule has 0 spiro atoms. The summed E-state index contributed by atoms with van der Waals surface area (Å²) in [5, 5.41) is 10.8. The Morgan fingerprint density at radius 1 is 1.44 bits per heavy atom. The van der Waals surface area contributed by atoms with Crippen LogP contribution in [0.4, 0.5) is 5.69 Å². The minimum Gasteiger partial charge on any atom is -0.265 e. The second kappa shape index (κ2) is 4.58. The molecule has 0 amide bonds. The summed E-state index contributed by atoms with van der Waals surface area (Å²) < 4.78 is 26.1.